The standard InChI is InChI=1S/C15H23N3O2/c1-18(2)6-7-20-14-5-3-4-13(9-14)17-15(19)8-12-10-16-11-12/h3-5,9,12,16H,6-8,10-11H2,1-2H3,(H,17,19). The number of hydrogen-bond donors (Lipinski definition) is 2. The fourth-order valence-corrected chi connectivity index (χ4v) is 1.98. The normalized spacial score (nSPS) is 14.9. The summed E-state index contributed by atoms with van der Waals surface area (Å²) in [6.07, 6.45) is 0.582. The molecule has 1 aliphatic rings. The monoisotopic (exact) mass is 277 g/mol. The maximum absolute atomic E-state index is 11.8. The number of nitrogens with zero attached hydrogens (tertiary/aromatic N) is 1. The molecule has 2 rings (SSSR count). The van der Waals surface area contributed by atoms with Crippen LogP contribution in [0.3, 0.4) is 0 Å². The van der Waals surface area contributed by atoms with Crippen molar-refractivity contribution in [1.82, 2.24) is 10.2 Å². The van der Waals surface area contributed by atoms with Crippen molar-refractivity contribution in [2.75, 3.05) is 45.7 Å². The van der Waals surface area contributed by atoms with Gasteiger partial charge >= 0.3 is 0 Å². The van der Waals surface area contributed by atoms with Crippen molar-refractivity contribution >= 4 is 11.6 Å². The van der Waals surface area contributed by atoms with Crippen molar-refractivity contribution in [3.63, 3.8) is 0 Å². The quantitative estimate of drug-likeness (QED) is 0.786. The van der Waals surface area contributed by atoms with Crippen LogP contribution >= 0.6 is 0 Å². The molecule has 1 amide bonds. The molecule has 1 saturated heterocycles. The van der Waals surface area contributed by atoms with Crippen LogP contribution in [-0.2, 0) is 4.79 Å². The zero-order valence-corrected chi connectivity index (χ0v) is 12.2. The molecule has 0 aromatic heterocycles. The highest BCUT2D eigenvalue weighted by atomic mass is 16.5. The molecule has 1 aromatic rings. The summed E-state index contributed by atoms with van der Waals surface area (Å²) in [4.78, 5) is 13.9. The largest absolute Gasteiger partial charge is 0.492 e. The van der Waals surface area contributed by atoms with E-state index in [4.69, 9.17) is 4.74 Å². The summed E-state index contributed by atoms with van der Waals surface area (Å²) in [6.45, 7) is 3.39. The van der Waals surface area contributed by atoms with Gasteiger partial charge in [0.2, 0.25) is 5.91 Å². The molecular formula is C15H23N3O2. The van der Waals surface area contributed by atoms with Gasteiger partial charge in [-0.3, -0.25) is 4.79 Å². The first-order chi connectivity index (χ1) is 9.63. The van der Waals surface area contributed by atoms with Gasteiger partial charge < -0.3 is 20.3 Å². The number of likely N-dealkylation sites (N-methyl/N-ethyl adjacent to an activating group) is 1. The minimum Gasteiger partial charge on any atom is -0.492 e. The summed E-state index contributed by atoms with van der Waals surface area (Å²) in [7, 11) is 4.02. The summed E-state index contributed by atoms with van der Waals surface area (Å²) in [5, 5.41) is 6.09. The van der Waals surface area contributed by atoms with Gasteiger partial charge in [-0.05, 0) is 45.2 Å². The third-order valence-corrected chi connectivity index (χ3v) is 3.27. The van der Waals surface area contributed by atoms with Crippen molar-refractivity contribution in [2.45, 2.75) is 6.42 Å². The SMILES string of the molecule is CN(C)CCOc1cccc(NC(=O)CC2CNC2)c1. The van der Waals surface area contributed by atoms with E-state index in [1.54, 1.807) is 0 Å². The van der Waals surface area contributed by atoms with Crippen LogP contribution in [0.4, 0.5) is 5.69 Å². The molecule has 20 heavy (non-hydrogen) atoms. The van der Waals surface area contributed by atoms with Crippen molar-refractivity contribution < 1.29 is 9.53 Å². The molecule has 0 bridgehead atoms. The van der Waals surface area contributed by atoms with Crippen LogP contribution in [0.2, 0.25) is 0 Å². The highest BCUT2D eigenvalue weighted by Crippen LogP contribution is 2.18. The van der Waals surface area contributed by atoms with E-state index in [9.17, 15) is 4.79 Å². The molecule has 5 heteroatoms. The van der Waals surface area contributed by atoms with Crippen LogP contribution in [-0.4, -0.2) is 51.1 Å². The third-order valence-electron chi connectivity index (χ3n) is 3.27. The number of hydrogen-bond acceptors (Lipinski definition) is 4. The van der Waals surface area contributed by atoms with E-state index in [1.165, 1.54) is 0 Å². The van der Waals surface area contributed by atoms with E-state index in [-0.39, 0.29) is 5.91 Å². The lowest BCUT2D eigenvalue weighted by Gasteiger charge is -2.26. The number of rotatable bonds is 7. The predicted molar refractivity (Wildman–Crippen MR) is 80.1 cm³/mol. The van der Waals surface area contributed by atoms with Crippen LogP contribution in [0.1, 0.15) is 6.42 Å². The number of carbonyl (C=O) groups excluding carboxylic acids is 1. The van der Waals surface area contributed by atoms with Gasteiger partial charge in [-0.15, -0.1) is 0 Å². The van der Waals surface area contributed by atoms with Gasteiger partial charge in [-0.2, -0.15) is 0 Å². The van der Waals surface area contributed by atoms with E-state index in [1.807, 2.05) is 38.4 Å². The number of anilines is 1. The minimum atomic E-state index is 0.0712. The summed E-state index contributed by atoms with van der Waals surface area (Å²) < 4.78 is 5.65. The Balaban J connectivity index is 1.80. The molecule has 0 saturated carbocycles. The number of carbonyl (C=O) groups is 1. The van der Waals surface area contributed by atoms with Crippen LogP contribution in [0.15, 0.2) is 24.3 Å². The maximum atomic E-state index is 11.8. The van der Waals surface area contributed by atoms with Gasteiger partial charge in [-0.25, -0.2) is 0 Å². The van der Waals surface area contributed by atoms with Crippen molar-refractivity contribution in [1.29, 1.82) is 0 Å². The van der Waals surface area contributed by atoms with Gasteiger partial charge in [0.25, 0.3) is 0 Å². The molecule has 0 unspecified atom stereocenters. The smallest absolute Gasteiger partial charge is 0.224 e. The van der Waals surface area contributed by atoms with E-state index < -0.39 is 0 Å². The van der Waals surface area contributed by atoms with Crippen LogP contribution in [0, 0.1) is 5.92 Å². The van der Waals surface area contributed by atoms with Gasteiger partial charge in [0, 0.05) is 24.7 Å². The van der Waals surface area contributed by atoms with Crippen LogP contribution in [0.25, 0.3) is 0 Å². The Morgan fingerprint density at radius 1 is 1.45 bits per heavy atom. The topological polar surface area (TPSA) is 53.6 Å². The Morgan fingerprint density at radius 2 is 2.25 bits per heavy atom. The van der Waals surface area contributed by atoms with Crippen LogP contribution in [0.5, 0.6) is 5.75 Å². The van der Waals surface area contributed by atoms with Crippen molar-refractivity contribution in [2.24, 2.45) is 5.92 Å². The van der Waals surface area contributed by atoms with E-state index in [0.29, 0.717) is 18.9 Å². The second-order valence-corrected chi connectivity index (χ2v) is 5.46. The van der Waals surface area contributed by atoms with Gasteiger partial charge in [0.1, 0.15) is 12.4 Å². The first-order valence-corrected chi connectivity index (χ1v) is 7.01. The Bertz CT molecular complexity index is 444. The lowest BCUT2D eigenvalue weighted by molar-refractivity contribution is -0.117. The highest BCUT2D eigenvalue weighted by Gasteiger charge is 2.20. The average molecular weight is 277 g/mol. The second-order valence-electron chi connectivity index (χ2n) is 5.46. The first-order valence-electron chi connectivity index (χ1n) is 7.01. The summed E-state index contributed by atoms with van der Waals surface area (Å²) in [5.41, 5.74) is 0.796. The van der Waals surface area contributed by atoms with Gasteiger partial charge in [0.15, 0.2) is 0 Å². The molecule has 1 fully saturated rings. The van der Waals surface area contributed by atoms with Crippen molar-refractivity contribution in [3.05, 3.63) is 24.3 Å². The summed E-state index contributed by atoms with van der Waals surface area (Å²) in [6, 6.07) is 7.55. The van der Waals surface area contributed by atoms with Crippen molar-refractivity contribution in [3.8, 4) is 5.75 Å². The number of benzene rings is 1. The zero-order valence-electron chi connectivity index (χ0n) is 12.2. The zero-order chi connectivity index (χ0) is 14.4. The molecule has 0 atom stereocenters. The third kappa shape index (κ3) is 4.83. The van der Waals surface area contributed by atoms with Gasteiger partial charge in [-0.1, -0.05) is 6.07 Å². The fourth-order valence-electron chi connectivity index (χ4n) is 1.98. The number of nitrogens with one attached hydrogen (secondary N) is 2. The molecule has 110 valence electrons. The molecule has 2 N–H and O–H groups in total. The molecule has 0 spiro atoms. The highest BCUT2D eigenvalue weighted by molar-refractivity contribution is 5.91. The summed E-state index contributed by atoms with van der Waals surface area (Å²) >= 11 is 0. The Morgan fingerprint density at radius 3 is 2.90 bits per heavy atom. The second kappa shape index (κ2) is 7.26. The van der Waals surface area contributed by atoms with E-state index in [0.717, 1.165) is 31.1 Å². The fraction of sp³-hybridized carbons (Fsp3) is 0.533. The van der Waals surface area contributed by atoms with E-state index in [2.05, 4.69) is 15.5 Å². The molecule has 0 radical (unpaired) electrons. The Hall–Kier alpha value is -1.59. The predicted octanol–water partition coefficient (Wildman–Crippen LogP) is 1.17. The molecule has 0 aliphatic carbocycles. The molecule has 1 aliphatic heterocycles. The van der Waals surface area contributed by atoms with Crippen LogP contribution < -0.4 is 15.4 Å². The lowest BCUT2D eigenvalue weighted by atomic mass is 9.99. The van der Waals surface area contributed by atoms with E-state index >= 15 is 0 Å². The summed E-state index contributed by atoms with van der Waals surface area (Å²) in [5.74, 6) is 1.34. The average Bonchev–Trinajstić information content (AvgIpc) is 2.34. The molecular weight excluding hydrogens is 254 g/mol. The Labute approximate surface area is 120 Å². The van der Waals surface area contributed by atoms with Gasteiger partial charge in [0.05, 0.1) is 0 Å². The molecule has 5 nitrogen and oxygen atoms in total. The molecule has 1 aromatic carbocycles. The maximum Gasteiger partial charge on any atom is 0.224 e. The minimum absolute atomic E-state index is 0.0712. The Kier molecular flexibility index (Phi) is 5.38. The molecule has 1 heterocycles. The number of amides is 1. The number of ether oxygens (including phenoxy) is 1. The first kappa shape index (κ1) is 14.8. The lowest BCUT2D eigenvalue weighted by Crippen LogP contribution is -2.43.